The molecule has 1 aromatic heterocycles. The normalized spacial score (nSPS) is 11.2. The monoisotopic (exact) mass is 791 g/mol. The highest BCUT2D eigenvalue weighted by Gasteiger charge is 2.21. The summed E-state index contributed by atoms with van der Waals surface area (Å²) < 4.78 is 6.44. The summed E-state index contributed by atoms with van der Waals surface area (Å²) in [5.41, 5.74) is 19.3. The molecule has 0 spiro atoms. The van der Waals surface area contributed by atoms with Crippen molar-refractivity contribution in [2.75, 3.05) is 4.90 Å². The van der Waals surface area contributed by atoms with Crippen molar-refractivity contribution >= 4 is 39.0 Å². The van der Waals surface area contributed by atoms with E-state index < -0.39 is 0 Å². The average Bonchev–Trinajstić information content (AvgIpc) is 3.75. The van der Waals surface area contributed by atoms with Crippen molar-refractivity contribution < 1.29 is 4.42 Å². The minimum Gasteiger partial charge on any atom is -0.456 e. The van der Waals surface area contributed by atoms with E-state index in [4.69, 9.17) is 4.42 Å². The quantitative estimate of drug-likeness (QED) is 0.145. The van der Waals surface area contributed by atoms with Crippen LogP contribution in [-0.2, 0) is 0 Å². The molecule has 0 fully saturated rings. The standard InChI is InChI=1S/C60H41NO/c1-3-18-42(19-4-1)48-22-7-11-26-52(48)54-28-13-9-24-50(54)44-34-38-46(39-35-44)61(57-31-17-33-59-60(57)56-30-15-16-32-58(56)62-59)47-40-36-45(37-41-47)51-25-10-14-29-55(51)53-27-12-8-23-49(53)43-20-5-2-6-21-43/h1-41H. The molecule has 0 N–H and O–H groups in total. The molecule has 0 bridgehead atoms. The highest BCUT2D eigenvalue weighted by Crippen LogP contribution is 2.45. The second-order valence-electron chi connectivity index (χ2n) is 15.6. The molecule has 1 heterocycles. The van der Waals surface area contributed by atoms with E-state index in [-0.39, 0.29) is 0 Å². The first kappa shape index (κ1) is 36.8. The molecule has 11 rings (SSSR count). The molecule has 11 aromatic rings. The lowest BCUT2D eigenvalue weighted by Crippen LogP contribution is -2.10. The third-order valence-corrected chi connectivity index (χ3v) is 12.0. The van der Waals surface area contributed by atoms with Crippen LogP contribution in [0.25, 0.3) is 88.7 Å². The molecule has 0 radical (unpaired) electrons. The van der Waals surface area contributed by atoms with Gasteiger partial charge in [-0.2, -0.15) is 0 Å². The van der Waals surface area contributed by atoms with E-state index >= 15 is 0 Å². The Morgan fingerprint density at radius 2 is 0.581 bits per heavy atom. The predicted molar refractivity (Wildman–Crippen MR) is 261 cm³/mol. The number of rotatable bonds is 9. The summed E-state index contributed by atoms with van der Waals surface area (Å²) in [6.45, 7) is 0. The number of nitrogens with zero attached hydrogens (tertiary/aromatic N) is 1. The summed E-state index contributed by atoms with van der Waals surface area (Å²) in [5, 5.41) is 2.18. The van der Waals surface area contributed by atoms with Gasteiger partial charge in [0.05, 0.1) is 11.1 Å². The van der Waals surface area contributed by atoms with Gasteiger partial charge in [-0.3, -0.25) is 0 Å². The Morgan fingerprint density at radius 3 is 1.02 bits per heavy atom. The second kappa shape index (κ2) is 16.1. The Hall–Kier alpha value is -8.20. The third kappa shape index (κ3) is 6.74. The average molecular weight is 792 g/mol. The van der Waals surface area contributed by atoms with Gasteiger partial charge < -0.3 is 9.32 Å². The second-order valence-corrected chi connectivity index (χ2v) is 15.6. The van der Waals surface area contributed by atoms with Crippen LogP contribution in [-0.4, -0.2) is 0 Å². The van der Waals surface area contributed by atoms with Gasteiger partial charge in [0.2, 0.25) is 0 Å². The number of benzene rings is 10. The van der Waals surface area contributed by atoms with Crippen LogP contribution >= 0.6 is 0 Å². The van der Waals surface area contributed by atoms with E-state index in [2.05, 4.69) is 241 Å². The van der Waals surface area contributed by atoms with Crippen molar-refractivity contribution in [1.82, 2.24) is 0 Å². The van der Waals surface area contributed by atoms with E-state index in [0.29, 0.717) is 0 Å². The predicted octanol–water partition coefficient (Wildman–Crippen LogP) is 17.1. The van der Waals surface area contributed by atoms with Gasteiger partial charge in [0.15, 0.2) is 0 Å². The van der Waals surface area contributed by atoms with Crippen LogP contribution in [0, 0.1) is 0 Å². The molecule has 0 aliphatic carbocycles. The molecule has 0 atom stereocenters. The molecule has 0 aliphatic rings. The molecule has 2 heteroatoms. The fraction of sp³-hybridized carbons (Fsp3) is 0. The Balaban J connectivity index is 1.02. The number of hydrogen-bond donors (Lipinski definition) is 0. The fourth-order valence-corrected chi connectivity index (χ4v) is 9.06. The number of hydrogen-bond acceptors (Lipinski definition) is 2. The Labute approximate surface area is 362 Å². The topological polar surface area (TPSA) is 16.4 Å². The van der Waals surface area contributed by atoms with E-state index in [1.165, 1.54) is 55.6 Å². The SMILES string of the molecule is c1ccc(-c2ccccc2-c2ccccc2-c2ccc(N(c3ccc(-c4ccccc4-c4ccccc4-c4ccccc4)cc3)c3cccc4oc5ccccc5c34)cc2)cc1. The van der Waals surface area contributed by atoms with Gasteiger partial charge in [0.25, 0.3) is 0 Å². The minimum absolute atomic E-state index is 0.860. The van der Waals surface area contributed by atoms with Crippen molar-refractivity contribution in [3.8, 4) is 66.8 Å². The molecule has 0 aliphatic heterocycles. The van der Waals surface area contributed by atoms with Crippen molar-refractivity contribution in [2.45, 2.75) is 0 Å². The summed E-state index contributed by atoms with van der Waals surface area (Å²) in [4.78, 5) is 2.37. The van der Waals surface area contributed by atoms with Crippen molar-refractivity contribution in [2.24, 2.45) is 0 Å². The number of para-hydroxylation sites is 1. The summed E-state index contributed by atoms with van der Waals surface area (Å²) in [7, 11) is 0. The lowest BCUT2D eigenvalue weighted by atomic mass is 9.89. The first-order chi connectivity index (χ1) is 30.8. The highest BCUT2D eigenvalue weighted by atomic mass is 16.3. The van der Waals surface area contributed by atoms with Gasteiger partial charge in [-0.1, -0.05) is 206 Å². The maximum absolute atomic E-state index is 6.44. The van der Waals surface area contributed by atoms with Gasteiger partial charge in [-0.25, -0.2) is 0 Å². The van der Waals surface area contributed by atoms with E-state index in [0.717, 1.165) is 50.1 Å². The molecule has 0 saturated carbocycles. The smallest absolute Gasteiger partial charge is 0.137 e. The lowest BCUT2D eigenvalue weighted by Gasteiger charge is -2.27. The van der Waals surface area contributed by atoms with Crippen molar-refractivity contribution in [3.05, 3.63) is 249 Å². The molecule has 0 saturated heterocycles. The van der Waals surface area contributed by atoms with Gasteiger partial charge in [0, 0.05) is 16.8 Å². The third-order valence-electron chi connectivity index (χ3n) is 12.0. The van der Waals surface area contributed by atoms with E-state index in [1.807, 2.05) is 12.1 Å². The Bertz CT molecular complexity index is 3160. The van der Waals surface area contributed by atoms with Crippen LogP contribution in [0.1, 0.15) is 0 Å². The molecule has 62 heavy (non-hydrogen) atoms. The minimum atomic E-state index is 0.860. The molecular formula is C60H41NO. The van der Waals surface area contributed by atoms with Gasteiger partial charge in [-0.15, -0.1) is 0 Å². The largest absolute Gasteiger partial charge is 0.456 e. The zero-order valence-electron chi connectivity index (χ0n) is 34.0. The molecule has 0 unspecified atom stereocenters. The number of fused-ring (bicyclic) bond motifs is 3. The molecule has 10 aromatic carbocycles. The van der Waals surface area contributed by atoms with Gasteiger partial charge in [-0.05, 0) is 109 Å². The van der Waals surface area contributed by atoms with Crippen LogP contribution in [0.5, 0.6) is 0 Å². The van der Waals surface area contributed by atoms with Crippen LogP contribution in [0.2, 0.25) is 0 Å². The summed E-state index contributed by atoms with van der Waals surface area (Å²) >= 11 is 0. The van der Waals surface area contributed by atoms with Crippen LogP contribution in [0.4, 0.5) is 17.1 Å². The zero-order chi connectivity index (χ0) is 41.2. The van der Waals surface area contributed by atoms with Gasteiger partial charge >= 0.3 is 0 Å². The lowest BCUT2D eigenvalue weighted by molar-refractivity contribution is 0.669. The van der Waals surface area contributed by atoms with Gasteiger partial charge in [0.1, 0.15) is 11.2 Å². The Morgan fingerprint density at radius 1 is 0.242 bits per heavy atom. The van der Waals surface area contributed by atoms with E-state index in [9.17, 15) is 0 Å². The molecule has 292 valence electrons. The maximum atomic E-state index is 6.44. The first-order valence-corrected chi connectivity index (χ1v) is 21.2. The summed E-state index contributed by atoms with van der Waals surface area (Å²) in [5.74, 6) is 0. The molecular weight excluding hydrogens is 751 g/mol. The Kier molecular flexibility index (Phi) is 9.57. The fourth-order valence-electron chi connectivity index (χ4n) is 9.06. The molecule has 2 nitrogen and oxygen atoms in total. The van der Waals surface area contributed by atoms with Crippen molar-refractivity contribution in [3.63, 3.8) is 0 Å². The summed E-state index contributed by atoms with van der Waals surface area (Å²) in [6, 6.07) is 88.9. The zero-order valence-corrected chi connectivity index (χ0v) is 34.0. The summed E-state index contributed by atoms with van der Waals surface area (Å²) in [6.07, 6.45) is 0. The number of anilines is 3. The van der Waals surface area contributed by atoms with E-state index in [1.54, 1.807) is 0 Å². The molecule has 0 amide bonds. The highest BCUT2D eigenvalue weighted by molar-refractivity contribution is 6.13. The number of furan rings is 1. The van der Waals surface area contributed by atoms with Crippen LogP contribution < -0.4 is 4.90 Å². The maximum Gasteiger partial charge on any atom is 0.137 e. The van der Waals surface area contributed by atoms with Crippen LogP contribution in [0.15, 0.2) is 253 Å². The first-order valence-electron chi connectivity index (χ1n) is 21.2. The van der Waals surface area contributed by atoms with Crippen molar-refractivity contribution in [1.29, 1.82) is 0 Å². The van der Waals surface area contributed by atoms with Crippen LogP contribution in [0.3, 0.4) is 0 Å².